The van der Waals surface area contributed by atoms with Crippen molar-refractivity contribution in [2.24, 2.45) is 0 Å². The zero-order valence-electron chi connectivity index (χ0n) is 15.6. The van der Waals surface area contributed by atoms with Crippen LogP contribution in [0.5, 0.6) is 0 Å². The molecule has 4 nitrogen and oxygen atoms in total. The molecule has 0 N–H and O–H groups in total. The number of hydrogen-bond acceptors (Lipinski definition) is 3. The molecule has 0 saturated carbocycles. The monoisotopic (exact) mass is 330 g/mol. The summed E-state index contributed by atoms with van der Waals surface area (Å²) < 4.78 is 5.58. The molecule has 0 radical (unpaired) electrons. The smallest absolute Gasteiger partial charge is 0.410 e. The van der Waals surface area contributed by atoms with Crippen molar-refractivity contribution in [3.63, 3.8) is 0 Å². The van der Waals surface area contributed by atoms with Gasteiger partial charge in [0.05, 0.1) is 0 Å². The Bertz CT molecular complexity index is 577. The minimum absolute atomic E-state index is 0.0207. The van der Waals surface area contributed by atoms with E-state index in [-0.39, 0.29) is 11.6 Å². The van der Waals surface area contributed by atoms with E-state index in [0.717, 1.165) is 25.9 Å². The quantitative estimate of drug-likeness (QED) is 0.821. The van der Waals surface area contributed by atoms with Gasteiger partial charge in [0.2, 0.25) is 0 Å². The summed E-state index contributed by atoms with van der Waals surface area (Å²) in [4.78, 5) is 17.0. The van der Waals surface area contributed by atoms with E-state index in [2.05, 4.69) is 49.1 Å². The van der Waals surface area contributed by atoms with Crippen LogP contribution in [-0.2, 0) is 10.3 Å². The Morgan fingerprint density at radius 3 is 2.04 bits per heavy atom. The Morgan fingerprint density at radius 1 is 1.00 bits per heavy atom. The number of carbonyl (C=O) groups excluding carboxylic acids is 1. The molecule has 132 valence electrons. The highest BCUT2D eigenvalue weighted by Gasteiger charge is 2.48. The molecule has 4 heteroatoms. The molecular weight excluding hydrogens is 300 g/mol. The lowest BCUT2D eigenvalue weighted by Crippen LogP contribution is -2.61. The van der Waals surface area contributed by atoms with Crippen molar-refractivity contribution in [3.05, 3.63) is 35.9 Å². The lowest BCUT2D eigenvalue weighted by molar-refractivity contribution is -0.0274. The van der Waals surface area contributed by atoms with Gasteiger partial charge in [0.15, 0.2) is 0 Å². The van der Waals surface area contributed by atoms with Gasteiger partial charge in [-0.15, -0.1) is 0 Å². The molecule has 2 fully saturated rings. The SMILES string of the molecule is CC(C)(C)OC(=O)N1CC2CCC(C1)N2C(C)(C)c1ccccc1. The Balaban J connectivity index is 1.76. The van der Waals surface area contributed by atoms with Gasteiger partial charge >= 0.3 is 6.09 Å². The lowest BCUT2D eigenvalue weighted by atomic mass is 9.89. The predicted octanol–water partition coefficient (Wildman–Crippen LogP) is 4.01. The van der Waals surface area contributed by atoms with Crippen molar-refractivity contribution >= 4 is 6.09 Å². The van der Waals surface area contributed by atoms with Crippen LogP contribution >= 0.6 is 0 Å². The maximum atomic E-state index is 12.4. The average molecular weight is 330 g/mol. The lowest BCUT2D eigenvalue weighted by Gasteiger charge is -2.49. The third-order valence-corrected chi connectivity index (χ3v) is 5.26. The Labute approximate surface area is 145 Å². The molecule has 2 bridgehead atoms. The summed E-state index contributed by atoms with van der Waals surface area (Å²) in [5, 5.41) is 0. The number of ether oxygens (including phenoxy) is 1. The Hall–Kier alpha value is -1.55. The number of likely N-dealkylation sites (tertiary alicyclic amines) is 1. The van der Waals surface area contributed by atoms with Crippen LogP contribution in [0.3, 0.4) is 0 Å². The molecule has 2 aliphatic heterocycles. The summed E-state index contributed by atoms with van der Waals surface area (Å²) in [6.07, 6.45) is 2.14. The molecule has 1 amide bonds. The molecule has 2 aliphatic rings. The normalized spacial score (nSPS) is 25.0. The number of carbonyl (C=O) groups is 1. The van der Waals surface area contributed by atoms with Crippen LogP contribution in [0, 0.1) is 0 Å². The van der Waals surface area contributed by atoms with Gasteiger partial charge < -0.3 is 9.64 Å². The standard InChI is InChI=1S/C20H30N2O2/c1-19(2,3)24-18(23)21-13-16-11-12-17(14-21)22(16)20(4,5)15-9-7-6-8-10-15/h6-10,16-17H,11-14H2,1-5H3. The fourth-order valence-corrected chi connectivity index (χ4v) is 4.29. The predicted molar refractivity (Wildman–Crippen MR) is 95.9 cm³/mol. The van der Waals surface area contributed by atoms with E-state index in [1.807, 2.05) is 25.7 Å². The fraction of sp³-hybridized carbons (Fsp3) is 0.650. The zero-order valence-corrected chi connectivity index (χ0v) is 15.6. The molecule has 2 atom stereocenters. The van der Waals surface area contributed by atoms with Gasteiger partial charge in [-0.3, -0.25) is 4.90 Å². The second-order valence-corrected chi connectivity index (χ2v) is 8.60. The first-order valence-electron chi connectivity index (χ1n) is 9.00. The molecule has 0 spiro atoms. The highest BCUT2D eigenvalue weighted by Crippen LogP contribution is 2.41. The molecule has 1 aromatic rings. The molecule has 2 unspecified atom stereocenters. The summed E-state index contributed by atoms with van der Waals surface area (Å²) in [6, 6.07) is 11.5. The largest absolute Gasteiger partial charge is 0.444 e. The van der Waals surface area contributed by atoms with Gasteiger partial charge in [0, 0.05) is 30.7 Å². The van der Waals surface area contributed by atoms with Gasteiger partial charge in [-0.25, -0.2) is 4.79 Å². The van der Waals surface area contributed by atoms with E-state index >= 15 is 0 Å². The topological polar surface area (TPSA) is 32.8 Å². The number of amides is 1. The van der Waals surface area contributed by atoms with Crippen LogP contribution in [0.4, 0.5) is 4.79 Å². The van der Waals surface area contributed by atoms with Crippen LogP contribution in [0.15, 0.2) is 30.3 Å². The third kappa shape index (κ3) is 3.30. The maximum absolute atomic E-state index is 12.4. The second-order valence-electron chi connectivity index (χ2n) is 8.60. The van der Waals surface area contributed by atoms with Crippen molar-refractivity contribution in [2.75, 3.05) is 13.1 Å². The maximum Gasteiger partial charge on any atom is 0.410 e. The summed E-state index contributed by atoms with van der Waals surface area (Å²) >= 11 is 0. The zero-order chi connectivity index (χ0) is 17.5. The van der Waals surface area contributed by atoms with Crippen molar-refractivity contribution in [2.45, 2.75) is 70.7 Å². The van der Waals surface area contributed by atoms with E-state index in [1.54, 1.807) is 0 Å². The summed E-state index contributed by atoms with van der Waals surface area (Å²) in [7, 11) is 0. The van der Waals surface area contributed by atoms with Crippen LogP contribution in [0.25, 0.3) is 0 Å². The van der Waals surface area contributed by atoms with Gasteiger partial charge in [-0.2, -0.15) is 0 Å². The molecule has 0 aromatic heterocycles. The molecule has 0 aliphatic carbocycles. The van der Waals surface area contributed by atoms with Gasteiger partial charge in [-0.1, -0.05) is 30.3 Å². The highest BCUT2D eigenvalue weighted by molar-refractivity contribution is 5.68. The number of nitrogens with zero attached hydrogens (tertiary/aromatic N) is 2. The number of piperazine rings is 1. The van der Waals surface area contributed by atoms with Crippen molar-refractivity contribution in [1.29, 1.82) is 0 Å². The van der Waals surface area contributed by atoms with Gasteiger partial charge in [-0.05, 0) is 53.0 Å². The molecule has 24 heavy (non-hydrogen) atoms. The number of fused-ring (bicyclic) bond motifs is 2. The van der Waals surface area contributed by atoms with E-state index in [1.165, 1.54) is 5.56 Å². The minimum Gasteiger partial charge on any atom is -0.444 e. The highest BCUT2D eigenvalue weighted by atomic mass is 16.6. The van der Waals surface area contributed by atoms with Crippen molar-refractivity contribution < 1.29 is 9.53 Å². The Morgan fingerprint density at radius 2 is 1.54 bits per heavy atom. The van der Waals surface area contributed by atoms with E-state index in [0.29, 0.717) is 12.1 Å². The van der Waals surface area contributed by atoms with Crippen LogP contribution in [0.2, 0.25) is 0 Å². The van der Waals surface area contributed by atoms with E-state index < -0.39 is 5.60 Å². The van der Waals surface area contributed by atoms with Gasteiger partial charge in [0.1, 0.15) is 5.60 Å². The van der Waals surface area contributed by atoms with E-state index in [4.69, 9.17) is 4.74 Å². The first-order valence-corrected chi connectivity index (χ1v) is 9.00. The first-order chi connectivity index (χ1) is 11.2. The molecule has 2 saturated heterocycles. The van der Waals surface area contributed by atoms with Crippen molar-refractivity contribution in [1.82, 2.24) is 9.80 Å². The number of benzene rings is 1. The minimum atomic E-state index is -0.434. The third-order valence-electron chi connectivity index (χ3n) is 5.26. The molecular formula is C20H30N2O2. The van der Waals surface area contributed by atoms with Crippen molar-refractivity contribution in [3.8, 4) is 0 Å². The average Bonchev–Trinajstić information content (AvgIpc) is 2.78. The van der Waals surface area contributed by atoms with Gasteiger partial charge in [0.25, 0.3) is 0 Å². The Kier molecular flexibility index (Phi) is 4.37. The summed E-state index contributed by atoms with van der Waals surface area (Å²) in [6.45, 7) is 11.9. The van der Waals surface area contributed by atoms with Crippen LogP contribution < -0.4 is 0 Å². The molecule has 2 heterocycles. The number of hydrogen-bond donors (Lipinski definition) is 0. The second kappa shape index (κ2) is 6.07. The number of rotatable bonds is 2. The van der Waals surface area contributed by atoms with Crippen LogP contribution in [-0.4, -0.2) is 46.7 Å². The molecule has 3 rings (SSSR count). The summed E-state index contributed by atoms with van der Waals surface area (Å²) in [5.74, 6) is 0. The molecule has 1 aromatic carbocycles. The summed E-state index contributed by atoms with van der Waals surface area (Å²) in [5.41, 5.74) is 0.886. The van der Waals surface area contributed by atoms with Crippen LogP contribution in [0.1, 0.15) is 53.0 Å². The fourth-order valence-electron chi connectivity index (χ4n) is 4.29. The first kappa shape index (κ1) is 17.3. The van der Waals surface area contributed by atoms with E-state index in [9.17, 15) is 4.79 Å².